The lowest BCUT2D eigenvalue weighted by Crippen LogP contribution is -1.91. The zero-order chi connectivity index (χ0) is 18.5. The van der Waals surface area contributed by atoms with Crippen molar-refractivity contribution in [3.63, 3.8) is 0 Å². The molecule has 134 valence electrons. The molecule has 1 heterocycles. The molecule has 0 bridgehead atoms. The Bertz CT molecular complexity index is 908. The van der Waals surface area contributed by atoms with Gasteiger partial charge in [-0.3, -0.25) is 4.79 Å². The van der Waals surface area contributed by atoms with Crippen LogP contribution in [0.15, 0.2) is 48.7 Å². The molecule has 0 atom stereocenters. The predicted molar refractivity (Wildman–Crippen MR) is 101 cm³/mol. The van der Waals surface area contributed by atoms with Gasteiger partial charge in [-0.2, -0.15) is 0 Å². The molecule has 0 amide bonds. The maximum absolute atomic E-state index is 11.3. The van der Waals surface area contributed by atoms with Crippen molar-refractivity contribution in [2.75, 3.05) is 6.61 Å². The van der Waals surface area contributed by atoms with Crippen LogP contribution in [0.1, 0.15) is 24.2 Å². The highest BCUT2D eigenvalue weighted by Crippen LogP contribution is 2.37. The number of hydrogen-bond acceptors (Lipinski definition) is 6. The first-order chi connectivity index (χ1) is 12.5. The van der Waals surface area contributed by atoms with Gasteiger partial charge in [0.05, 0.1) is 17.8 Å². The number of ether oxygens (including phenoxy) is 3. The fourth-order valence-corrected chi connectivity index (χ4v) is 2.99. The first kappa shape index (κ1) is 18.2. The summed E-state index contributed by atoms with van der Waals surface area (Å²) in [5, 5.41) is 1.41. The van der Waals surface area contributed by atoms with Crippen LogP contribution in [0.3, 0.4) is 0 Å². The van der Waals surface area contributed by atoms with Crippen molar-refractivity contribution in [2.45, 2.75) is 13.8 Å². The molecule has 0 aliphatic carbocycles. The molecule has 1 aromatic heterocycles. The summed E-state index contributed by atoms with van der Waals surface area (Å²) in [6, 6.07) is 12.1. The number of rotatable bonds is 7. The molecular weight excluding hydrogens is 374 g/mol. The average molecular weight is 390 g/mol. The summed E-state index contributed by atoms with van der Waals surface area (Å²) >= 11 is 7.45. The van der Waals surface area contributed by atoms with Crippen molar-refractivity contribution < 1.29 is 19.0 Å². The van der Waals surface area contributed by atoms with E-state index in [4.69, 9.17) is 25.8 Å². The van der Waals surface area contributed by atoms with Gasteiger partial charge in [0.2, 0.25) is 5.06 Å². The summed E-state index contributed by atoms with van der Waals surface area (Å²) in [4.78, 5) is 15.5. The van der Waals surface area contributed by atoms with E-state index in [9.17, 15) is 4.79 Å². The highest BCUT2D eigenvalue weighted by Gasteiger charge is 2.10. The number of Topliss-reactive ketones (excluding diaryl/α,β-unsaturated/α-hetero) is 1. The monoisotopic (exact) mass is 389 g/mol. The maximum atomic E-state index is 11.3. The summed E-state index contributed by atoms with van der Waals surface area (Å²) in [6.07, 6.45) is 1.57. The Labute approximate surface area is 160 Å². The van der Waals surface area contributed by atoms with Crippen LogP contribution >= 0.6 is 22.9 Å². The van der Waals surface area contributed by atoms with Crippen molar-refractivity contribution in [3.8, 4) is 27.5 Å². The number of carbonyl (C=O) groups excluding carboxylic acids is 1. The summed E-state index contributed by atoms with van der Waals surface area (Å²) in [7, 11) is 0. The molecule has 0 unspecified atom stereocenters. The second kappa shape index (κ2) is 8.21. The zero-order valence-electron chi connectivity index (χ0n) is 14.2. The fourth-order valence-electron chi connectivity index (χ4n) is 2.13. The molecule has 26 heavy (non-hydrogen) atoms. The van der Waals surface area contributed by atoms with E-state index in [1.165, 1.54) is 18.3 Å². The Morgan fingerprint density at radius 1 is 1.12 bits per heavy atom. The highest BCUT2D eigenvalue weighted by molar-refractivity contribution is 7.15. The first-order valence-corrected chi connectivity index (χ1v) is 9.09. The van der Waals surface area contributed by atoms with Gasteiger partial charge in [0, 0.05) is 11.6 Å². The van der Waals surface area contributed by atoms with Gasteiger partial charge >= 0.3 is 0 Å². The third kappa shape index (κ3) is 4.53. The molecule has 0 radical (unpaired) electrons. The number of thiazole rings is 1. The summed E-state index contributed by atoms with van der Waals surface area (Å²) in [5.41, 5.74) is 0.635. The summed E-state index contributed by atoms with van der Waals surface area (Å²) in [6.45, 7) is 3.99. The van der Waals surface area contributed by atoms with Crippen molar-refractivity contribution in [1.82, 2.24) is 4.98 Å². The standard InChI is InChI=1S/C19H16ClNO4S/c1-3-23-15-8-9-17(16(20)10-15)25-19-21-11-18(26-19)24-14-6-4-13(5-7-14)12(2)22/h4-11H,3H2,1-2H3. The molecule has 0 N–H and O–H groups in total. The van der Waals surface area contributed by atoms with E-state index in [1.54, 1.807) is 48.7 Å². The van der Waals surface area contributed by atoms with Crippen LogP contribution in [0.5, 0.6) is 27.5 Å². The number of hydrogen-bond donors (Lipinski definition) is 0. The Kier molecular flexibility index (Phi) is 5.75. The smallest absolute Gasteiger partial charge is 0.282 e. The summed E-state index contributed by atoms with van der Waals surface area (Å²) in [5.74, 6) is 1.80. The molecule has 0 fully saturated rings. The number of benzene rings is 2. The van der Waals surface area contributed by atoms with Gasteiger partial charge in [0.1, 0.15) is 17.2 Å². The average Bonchev–Trinajstić information content (AvgIpc) is 3.05. The fraction of sp³-hybridized carbons (Fsp3) is 0.158. The van der Waals surface area contributed by atoms with Gasteiger partial charge in [-0.1, -0.05) is 11.6 Å². The molecular formula is C19H16ClNO4S. The van der Waals surface area contributed by atoms with E-state index in [0.29, 0.717) is 44.7 Å². The number of halogens is 1. The molecule has 0 spiro atoms. The molecule has 3 rings (SSSR count). The van der Waals surface area contributed by atoms with Crippen LogP contribution < -0.4 is 14.2 Å². The second-order valence-electron chi connectivity index (χ2n) is 5.26. The SMILES string of the molecule is CCOc1ccc(Oc2ncc(Oc3ccc(C(C)=O)cc3)s2)c(Cl)c1. The predicted octanol–water partition coefficient (Wildman–Crippen LogP) is 5.98. The zero-order valence-corrected chi connectivity index (χ0v) is 15.8. The van der Waals surface area contributed by atoms with E-state index in [0.717, 1.165) is 0 Å². The minimum Gasteiger partial charge on any atom is -0.494 e. The second-order valence-corrected chi connectivity index (χ2v) is 6.62. The van der Waals surface area contributed by atoms with E-state index in [1.807, 2.05) is 6.92 Å². The van der Waals surface area contributed by atoms with Gasteiger partial charge in [0.15, 0.2) is 5.78 Å². The van der Waals surface area contributed by atoms with Gasteiger partial charge < -0.3 is 14.2 Å². The third-order valence-corrected chi connectivity index (χ3v) is 4.40. The normalized spacial score (nSPS) is 10.4. The number of nitrogens with zero attached hydrogens (tertiary/aromatic N) is 1. The van der Waals surface area contributed by atoms with Crippen LogP contribution in [0.4, 0.5) is 0 Å². The lowest BCUT2D eigenvalue weighted by Gasteiger charge is -2.07. The van der Waals surface area contributed by atoms with E-state index >= 15 is 0 Å². The molecule has 0 aliphatic rings. The van der Waals surface area contributed by atoms with Crippen LogP contribution in [-0.2, 0) is 0 Å². The van der Waals surface area contributed by atoms with Gasteiger partial charge in [-0.05, 0) is 61.6 Å². The number of ketones is 1. The van der Waals surface area contributed by atoms with E-state index < -0.39 is 0 Å². The van der Waals surface area contributed by atoms with Gasteiger partial charge in [0.25, 0.3) is 5.19 Å². The molecule has 2 aromatic carbocycles. The van der Waals surface area contributed by atoms with Crippen molar-refractivity contribution in [2.24, 2.45) is 0 Å². The summed E-state index contributed by atoms with van der Waals surface area (Å²) < 4.78 is 16.8. The number of carbonyl (C=O) groups is 1. The molecule has 0 saturated heterocycles. The largest absolute Gasteiger partial charge is 0.494 e. The van der Waals surface area contributed by atoms with Crippen molar-refractivity contribution in [1.29, 1.82) is 0 Å². The number of aromatic nitrogens is 1. The quantitative estimate of drug-likeness (QED) is 0.465. The van der Waals surface area contributed by atoms with Gasteiger partial charge in [-0.15, -0.1) is 0 Å². The molecule has 0 aliphatic heterocycles. The first-order valence-electron chi connectivity index (χ1n) is 7.90. The lowest BCUT2D eigenvalue weighted by molar-refractivity contribution is 0.101. The highest BCUT2D eigenvalue weighted by atomic mass is 35.5. The topological polar surface area (TPSA) is 57.6 Å². The van der Waals surface area contributed by atoms with Crippen LogP contribution in [0, 0.1) is 0 Å². The minimum absolute atomic E-state index is 0.0114. The molecule has 0 saturated carbocycles. The third-order valence-electron chi connectivity index (χ3n) is 3.35. The Morgan fingerprint density at radius 3 is 2.50 bits per heavy atom. The Hall–Kier alpha value is -2.57. The Morgan fingerprint density at radius 2 is 1.85 bits per heavy atom. The van der Waals surface area contributed by atoms with Crippen molar-refractivity contribution in [3.05, 3.63) is 59.2 Å². The van der Waals surface area contributed by atoms with Crippen LogP contribution in [0.2, 0.25) is 5.02 Å². The van der Waals surface area contributed by atoms with E-state index in [-0.39, 0.29) is 5.78 Å². The van der Waals surface area contributed by atoms with Crippen molar-refractivity contribution >= 4 is 28.7 Å². The molecule has 5 nitrogen and oxygen atoms in total. The lowest BCUT2D eigenvalue weighted by atomic mass is 10.1. The Balaban J connectivity index is 1.67. The maximum Gasteiger partial charge on any atom is 0.282 e. The van der Waals surface area contributed by atoms with Gasteiger partial charge in [-0.25, -0.2) is 4.98 Å². The van der Waals surface area contributed by atoms with Crippen LogP contribution in [0.25, 0.3) is 0 Å². The molecule has 3 aromatic rings. The minimum atomic E-state index is 0.0114. The van der Waals surface area contributed by atoms with E-state index in [2.05, 4.69) is 4.98 Å². The molecule has 7 heteroatoms. The van der Waals surface area contributed by atoms with Crippen LogP contribution in [-0.4, -0.2) is 17.4 Å².